The van der Waals surface area contributed by atoms with Crippen molar-refractivity contribution in [2.24, 2.45) is 0 Å². The van der Waals surface area contributed by atoms with E-state index in [1.807, 2.05) is 20.8 Å². The predicted molar refractivity (Wildman–Crippen MR) is 86.9 cm³/mol. The molecular weight excluding hydrogens is 333 g/mol. The first kappa shape index (κ1) is 18.6. The van der Waals surface area contributed by atoms with E-state index in [-0.39, 0.29) is 22.6 Å². The Balaban J connectivity index is 3.53. The Morgan fingerprint density at radius 1 is 1.33 bits per heavy atom. The molecule has 0 saturated heterocycles. The van der Waals surface area contributed by atoms with Gasteiger partial charge in [0.1, 0.15) is 10.6 Å². The van der Waals surface area contributed by atoms with E-state index in [2.05, 4.69) is 0 Å². The molecule has 21 heavy (non-hydrogen) atoms. The van der Waals surface area contributed by atoms with Crippen molar-refractivity contribution in [3.05, 3.63) is 22.7 Å². The summed E-state index contributed by atoms with van der Waals surface area (Å²) in [6, 6.07) is 2.92. The summed E-state index contributed by atoms with van der Waals surface area (Å²) in [5, 5.41) is 0.324. The third-order valence-electron chi connectivity index (χ3n) is 3.43. The number of sulfonamides is 1. The van der Waals surface area contributed by atoms with Crippen LogP contribution < -0.4 is 4.74 Å². The summed E-state index contributed by atoms with van der Waals surface area (Å²) in [5.41, 5.74) is 0.561. The molecule has 0 saturated carbocycles. The molecule has 0 spiro atoms. The van der Waals surface area contributed by atoms with Crippen molar-refractivity contribution < 1.29 is 13.2 Å². The predicted octanol–water partition coefficient (Wildman–Crippen LogP) is 3.90. The minimum atomic E-state index is -3.70. The number of alkyl halides is 1. The molecule has 0 fully saturated rings. The lowest BCUT2D eigenvalue weighted by Gasteiger charge is -2.27. The molecular formula is C14H21Cl2NO3S. The first-order valence-corrected chi connectivity index (χ1v) is 9.12. The zero-order valence-electron chi connectivity index (χ0n) is 12.7. The van der Waals surface area contributed by atoms with Gasteiger partial charge in [-0.1, -0.05) is 25.4 Å². The van der Waals surface area contributed by atoms with Gasteiger partial charge in [-0.25, -0.2) is 8.42 Å². The maximum atomic E-state index is 12.9. The number of benzene rings is 1. The molecule has 1 atom stereocenters. The van der Waals surface area contributed by atoms with Gasteiger partial charge >= 0.3 is 0 Å². The second-order valence-electron chi connectivity index (χ2n) is 4.70. The highest BCUT2D eigenvalue weighted by Crippen LogP contribution is 2.35. The third-order valence-corrected chi connectivity index (χ3v) is 6.03. The normalized spacial score (nSPS) is 13.5. The van der Waals surface area contributed by atoms with E-state index in [4.69, 9.17) is 27.9 Å². The highest BCUT2D eigenvalue weighted by molar-refractivity contribution is 7.89. The van der Waals surface area contributed by atoms with Gasteiger partial charge in [0.05, 0.1) is 13.0 Å². The van der Waals surface area contributed by atoms with Crippen LogP contribution in [0.4, 0.5) is 0 Å². The summed E-state index contributed by atoms with van der Waals surface area (Å²) < 4.78 is 32.5. The average Bonchev–Trinajstić information content (AvgIpc) is 2.46. The quantitative estimate of drug-likeness (QED) is 0.698. The minimum absolute atomic E-state index is 0.0651. The van der Waals surface area contributed by atoms with Gasteiger partial charge in [0, 0.05) is 23.2 Å². The second kappa shape index (κ2) is 7.68. The lowest BCUT2D eigenvalue weighted by Crippen LogP contribution is -2.38. The first-order chi connectivity index (χ1) is 9.83. The molecule has 120 valence electrons. The fraction of sp³-hybridized carbons (Fsp3) is 0.571. The molecule has 0 radical (unpaired) electrons. The number of methoxy groups -OCH3 is 1. The summed E-state index contributed by atoms with van der Waals surface area (Å²) in [6.07, 6.45) is 0.721. The summed E-state index contributed by atoms with van der Waals surface area (Å²) in [7, 11) is -2.27. The van der Waals surface area contributed by atoms with E-state index in [1.54, 1.807) is 6.07 Å². The maximum absolute atomic E-state index is 12.9. The summed E-state index contributed by atoms with van der Waals surface area (Å²) in [6.45, 7) is 6.01. The van der Waals surface area contributed by atoms with Gasteiger partial charge in [-0.05, 0) is 25.5 Å². The SMILES string of the molecule is CCC(C)N(CC)S(=O)(=O)c1cc(Cl)cc(CCl)c1OC. The van der Waals surface area contributed by atoms with Crippen LogP contribution in [0.3, 0.4) is 0 Å². The standard InChI is InChI=1S/C14H21Cl2NO3S/c1-5-10(3)17(6-2)21(18,19)13-8-12(16)7-11(9-15)14(13)20-4/h7-8,10H,5-6,9H2,1-4H3. The topological polar surface area (TPSA) is 46.6 Å². The van der Waals surface area contributed by atoms with E-state index in [0.29, 0.717) is 17.1 Å². The van der Waals surface area contributed by atoms with Crippen molar-refractivity contribution in [1.29, 1.82) is 0 Å². The number of nitrogens with zero attached hydrogens (tertiary/aromatic N) is 1. The third kappa shape index (κ3) is 3.83. The Hall–Kier alpha value is -0.490. The van der Waals surface area contributed by atoms with Gasteiger partial charge < -0.3 is 4.74 Å². The van der Waals surface area contributed by atoms with Crippen molar-refractivity contribution in [1.82, 2.24) is 4.31 Å². The molecule has 0 N–H and O–H groups in total. The molecule has 1 aromatic carbocycles. The number of ether oxygens (including phenoxy) is 1. The van der Waals surface area contributed by atoms with E-state index >= 15 is 0 Å². The smallest absolute Gasteiger partial charge is 0.247 e. The number of hydrogen-bond acceptors (Lipinski definition) is 3. The molecule has 0 aromatic heterocycles. The molecule has 1 aromatic rings. The van der Waals surface area contributed by atoms with Crippen LogP contribution in [0.15, 0.2) is 17.0 Å². The van der Waals surface area contributed by atoms with Crippen LogP contribution in [0.2, 0.25) is 5.02 Å². The van der Waals surface area contributed by atoms with Crippen LogP contribution in [-0.2, 0) is 15.9 Å². The second-order valence-corrected chi connectivity index (χ2v) is 7.26. The molecule has 0 bridgehead atoms. The average molecular weight is 354 g/mol. The van der Waals surface area contributed by atoms with Crippen LogP contribution in [-0.4, -0.2) is 32.4 Å². The lowest BCUT2D eigenvalue weighted by atomic mass is 10.2. The molecule has 0 heterocycles. The summed E-state index contributed by atoms with van der Waals surface area (Å²) >= 11 is 11.9. The van der Waals surface area contributed by atoms with Gasteiger partial charge in [0.15, 0.2) is 0 Å². The maximum Gasteiger partial charge on any atom is 0.247 e. The van der Waals surface area contributed by atoms with Gasteiger partial charge in [-0.3, -0.25) is 0 Å². The number of hydrogen-bond donors (Lipinski definition) is 0. The van der Waals surface area contributed by atoms with Crippen molar-refractivity contribution in [3.63, 3.8) is 0 Å². The van der Waals surface area contributed by atoms with Crippen LogP contribution in [0, 0.1) is 0 Å². The largest absolute Gasteiger partial charge is 0.495 e. The Labute approximate surface area is 137 Å². The van der Waals surface area contributed by atoms with E-state index < -0.39 is 10.0 Å². The molecule has 1 rings (SSSR count). The molecule has 7 heteroatoms. The highest BCUT2D eigenvalue weighted by atomic mass is 35.5. The van der Waals surface area contributed by atoms with Gasteiger partial charge in [0.25, 0.3) is 0 Å². The van der Waals surface area contributed by atoms with Gasteiger partial charge in [-0.2, -0.15) is 4.31 Å². The minimum Gasteiger partial charge on any atom is -0.495 e. The molecule has 4 nitrogen and oxygen atoms in total. The van der Waals surface area contributed by atoms with E-state index in [9.17, 15) is 8.42 Å². The number of halogens is 2. The number of rotatable bonds is 7. The van der Waals surface area contributed by atoms with Gasteiger partial charge in [-0.15, -0.1) is 11.6 Å². The van der Waals surface area contributed by atoms with Crippen molar-refractivity contribution in [2.45, 2.75) is 44.0 Å². The van der Waals surface area contributed by atoms with Crippen molar-refractivity contribution >= 4 is 33.2 Å². The molecule has 1 unspecified atom stereocenters. The van der Waals surface area contributed by atoms with Crippen LogP contribution in [0.5, 0.6) is 5.75 Å². The van der Waals surface area contributed by atoms with Crippen LogP contribution >= 0.6 is 23.2 Å². The fourth-order valence-electron chi connectivity index (χ4n) is 2.19. The van der Waals surface area contributed by atoms with Crippen molar-refractivity contribution in [3.8, 4) is 5.75 Å². The zero-order valence-corrected chi connectivity index (χ0v) is 15.0. The first-order valence-electron chi connectivity index (χ1n) is 6.77. The molecule has 0 aliphatic rings. The van der Waals surface area contributed by atoms with E-state index in [1.165, 1.54) is 17.5 Å². The Morgan fingerprint density at radius 2 is 1.95 bits per heavy atom. The molecule has 0 aliphatic heterocycles. The molecule has 0 aliphatic carbocycles. The Bertz CT molecular complexity index is 590. The zero-order chi connectivity index (χ0) is 16.2. The highest BCUT2D eigenvalue weighted by Gasteiger charge is 2.31. The molecule has 0 amide bonds. The van der Waals surface area contributed by atoms with Crippen molar-refractivity contribution in [2.75, 3.05) is 13.7 Å². The van der Waals surface area contributed by atoms with Crippen LogP contribution in [0.1, 0.15) is 32.8 Å². The summed E-state index contributed by atoms with van der Waals surface area (Å²) in [4.78, 5) is 0.0651. The van der Waals surface area contributed by atoms with E-state index in [0.717, 1.165) is 6.42 Å². The fourth-order valence-corrected chi connectivity index (χ4v) is 4.64. The lowest BCUT2D eigenvalue weighted by molar-refractivity contribution is 0.338. The summed E-state index contributed by atoms with van der Waals surface area (Å²) in [5.74, 6) is 0.387. The van der Waals surface area contributed by atoms with Gasteiger partial charge in [0.2, 0.25) is 10.0 Å². The Morgan fingerprint density at radius 3 is 2.38 bits per heavy atom. The monoisotopic (exact) mass is 353 g/mol. The Kier molecular flexibility index (Phi) is 6.78. The van der Waals surface area contributed by atoms with Crippen LogP contribution in [0.25, 0.3) is 0 Å².